The molecule has 0 aliphatic carbocycles. The number of phenols is 2. The Hall–Kier alpha value is -4.78. The van der Waals surface area contributed by atoms with Crippen LogP contribution in [0.25, 0.3) is 22.5 Å². The van der Waals surface area contributed by atoms with Crippen LogP contribution in [-0.2, 0) is 0 Å². The number of phenolic OH excluding ortho intramolecular Hbond substituents is 2. The molecule has 0 radical (unpaired) electrons. The maximum atomic E-state index is 10.3. The van der Waals surface area contributed by atoms with Crippen molar-refractivity contribution in [2.75, 3.05) is 4.90 Å². The molecule has 0 aliphatic heterocycles. The number of aromatic hydroxyl groups is 2. The number of rotatable bonds is 5. The summed E-state index contributed by atoms with van der Waals surface area (Å²) >= 11 is 0. The molecule has 5 rings (SSSR count). The summed E-state index contributed by atoms with van der Waals surface area (Å²) in [6, 6.07) is 23.6. The SMILES string of the molecule is Oc1ccccc1-c1cncc(N(c2ccccc2)c2cncc(-c3ccccc3O)n2)n1. The van der Waals surface area contributed by atoms with Gasteiger partial charge in [-0.1, -0.05) is 42.5 Å². The Morgan fingerprint density at radius 2 is 0.970 bits per heavy atom. The predicted octanol–water partition coefficient (Wildman–Crippen LogP) is 5.48. The molecule has 160 valence electrons. The van der Waals surface area contributed by atoms with Gasteiger partial charge in [0, 0.05) is 16.8 Å². The highest BCUT2D eigenvalue weighted by molar-refractivity contribution is 5.75. The molecular formula is C26H19N5O2. The fourth-order valence-corrected chi connectivity index (χ4v) is 3.53. The fourth-order valence-electron chi connectivity index (χ4n) is 3.53. The Kier molecular flexibility index (Phi) is 5.35. The van der Waals surface area contributed by atoms with Gasteiger partial charge in [-0.15, -0.1) is 0 Å². The van der Waals surface area contributed by atoms with Crippen LogP contribution >= 0.6 is 0 Å². The molecule has 2 N–H and O–H groups in total. The molecule has 0 saturated carbocycles. The van der Waals surface area contributed by atoms with Gasteiger partial charge in [0.25, 0.3) is 0 Å². The van der Waals surface area contributed by atoms with Gasteiger partial charge in [-0.2, -0.15) is 0 Å². The predicted molar refractivity (Wildman–Crippen MR) is 127 cm³/mol. The number of aromatic nitrogens is 4. The normalized spacial score (nSPS) is 10.7. The van der Waals surface area contributed by atoms with Crippen LogP contribution < -0.4 is 4.90 Å². The molecular weight excluding hydrogens is 414 g/mol. The second kappa shape index (κ2) is 8.76. The highest BCUT2D eigenvalue weighted by atomic mass is 16.3. The molecule has 0 fully saturated rings. The number of anilines is 3. The van der Waals surface area contributed by atoms with E-state index in [1.807, 2.05) is 47.4 Å². The summed E-state index contributed by atoms with van der Waals surface area (Å²) < 4.78 is 0. The van der Waals surface area contributed by atoms with Gasteiger partial charge in [0.15, 0.2) is 11.6 Å². The Bertz CT molecular complexity index is 1320. The van der Waals surface area contributed by atoms with Crippen molar-refractivity contribution in [1.82, 2.24) is 19.9 Å². The third-order valence-corrected chi connectivity index (χ3v) is 5.08. The topological polar surface area (TPSA) is 95.3 Å². The van der Waals surface area contributed by atoms with E-state index in [0.717, 1.165) is 5.69 Å². The molecule has 0 atom stereocenters. The lowest BCUT2D eigenvalue weighted by Crippen LogP contribution is -2.14. The minimum Gasteiger partial charge on any atom is -0.507 e. The maximum absolute atomic E-state index is 10.3. The van der Waals surface area contributed by atoms with Gasteiger partial charge >= 0.3 is 0 Å². The van der Waals surface area contributed by atoms with Crippen molar-refractivity contribution >= 4 is 17.3 Å². The van der Waals surface area contributed by atoms with Crippen molar-refractivity contribution in [1.29, 1.82) is 0 Å². The van der Waals surface area contributed by atoms with Crippen molar-refractivity contribution in [3.63, 3.8) is 0 Å². The van der Waals surface area contributed by atoms with E-state index in [2.05, 4.69) is 9.97 Å². The smallest absolute Gasteiger partial charge is 0.158 e. The van der Waals surface area contributed by atoms with Crippen LogP contribution in [0.5, 0.6) is 11.5 Å². The van der Waals surface area contributed by atoms with E-state index in [9.17, 15) is 10.2 Å². The van der Waals surface area contributed by atoms with Gasteiger partial charge < -0.3 is 10.2 Å². The zero-order chi connectivity index (χ0) is 22.6. The van der Waals surface area contributed by atoms with E-state index in [4.69, 9.17) is 9.97 Å². The van der Waals surface area contributed by atoms with Crippen molar-refractivity contribution < 1.29 is 10.2 Å². The molecule has 0 aliphatic rings. The zero-order valence-corrected chi connectivity index (χ0v) is 17.4. The molecule has 0 spiro atoms. The Morgan fingerprint density at radius 3 is 1.45 bits per heavy atom. The van der Waals surface area contributed by atoms with Crippen LogP contribution in [0.15, 0.2) is 104 Å². The first-order chi connectivity index (χ1) is 16.2. The van der Waals surface area contributed by atoms with Crippen LogP contribution in [0.3, 0.4) is 0 Å². The minimum absolute atomic E-state index is 0.122. The lowest BCUT2D eigenvalue weighted by atomic mass is 10.1. The minimum atomic E-state index is 0.122. The van der Waals surface area contributed by atoms with E-state index in [1.165, 1.54) is 0 Å². The third-order valence-electron chi connectivity index (χ3n) is 5.08. The molecule has 0 bridgehead atoms. The first kappa shape index (κ1) is 20.1. The first-order valence-electron chi connectivity index (χ1n) is 10.3. The second-order valence-corrected chi connectivity index (χ2v) is 7.23. The second-order valence-electron chi connectivity index (χ2n) is 7.23. The lowest BCUT2D eigenvalue weighted by molar-refractivity contribution is 0.476. The quantitative estimate of drug-likeness (QED) is 0.379. The molecule has 0 amide bonds. The molecule has 2 heterocycles. The summed E-state index contributed by atoms with van der Waals surface area (Å²) in [6.45, 7) is 0. The number of nitrogens with zero attached hydrogens (tertiary/aromatic N) is 5. The number of hydrogen-bond donors (Lipinski definition) is 2. The van der Waals surface area contributed by atoms with E-state index >= 15 is 0 Å². The largest absolute Gasteiger partial charge is 0.507 e. The fraction of sp³-hybridized carbons (Fsp3) is 0. The lowest BCUT2D eigenvalue weighted by Gasteiger charge is -2.23. The van der Waals surface area contributed by atoms with Crippen molar-refractivity contribution in [2.24, 2.45) is 0 Å². The van der Waals surface area contributed by atoms with Gasteiger partial charge in [-0.25, -0.2) is 9.97 Å². The highest BCUT2D eigenvalue weighted by Crippen LogP contribution is 2.35. The molecule has 7 heteroatoms. The standard InChI is InChI=1S/C26H19N5O2/c32-23-12-6-4-10-19(23)21-14-27-16-25(29-21)31(18-8-2-1-3-9-18)26-17-28-15-22(30-26)20-11-5-7-13-24(20)33/h1-17,32-33H. The van der Waals surface area contributed by atoms with Gasteiger partial charge in [-0.3, -0.25) is 14.9 Å². The molecule has 0 saturated heterocycles. The third kappa shape index (κ3) is 4.07. The zero-order valence-electron chi connectivity index (χ0n) is 17.4. The van der Waals surface area contributed by atoms with Crippen LogP contribution in [0.4, 0.5) is 17.3 Å². The van der Waals surface area contributed by atoms with Crippen molar-refractivity contribution in [3.05, 3.63) is 104 Å². The summed E-state index contributed by atoms with van der Waals surface area (Å²) in [5.74, 6) is 1.25. The Morgan fingerprint density at radius 1 is 0.515 bits per heavy atom. The van der Waals surface area contributed by atoms with Crippen molar-refractivity contribution in [2.45, 2.75) is 0 Å². The van der Waals surface area contributed by atoms with Crippen LogP contribution in [0, 0.1) is 0 Å². The Labute approximate surface area is 190 Å². The Balaban J connectivity index is 1.65. The molecule has 7 nitrogen and oxygen atoms in total. The molecule has 5 aromatic rings. The summed E-state index contributed by atoms with van der Waals surface area (Å²) in [4.78, 5) is 20.1. The van der Waals surface area contributed by atoms with Gasteiger partial charge in [0.05, 0.1) is 36.2 Å². The van der Waals surface area contributed by atoms with E-state index < -0.39 is 0 Å². The van der Waals surface area contributed by atoms with Crippen molar-refractivity contribution in [3.8, 4) is 34.0 Å². The van der Waals surface area contributed by atoms with Crippen LogP contribution in [0.2, 0.25) is 0 Å². The number of para-hydroxylation sites is 3. The van der Waals surface area contributed by atoms with Crippen LogP contribution in [0.1, 0.15) is 0 Å². The first-order valence-corrected chi connectivity index (χ1v) is 10.3. The van der Waals surface area contributed by atoms with Gasteiger partial charge in [0.2, 0.25) is 0 Å². The molecule has 3 aromatic carbocycles. The maximum Gasteiger partial charge on any atom is 0.158 e. The summed E-state index contributed by atoms with van der Waals surface area (Å²) in [5.41, 5.74) is 3.01. The average molecular weight is 433 g/mol. The van der Waals surface area contributed by atoms with E-state index in [0.29, 0.717) is 34.2 Å². The van der Waals surface area contributed by atoms with E-state index in [1.54, 1.807) is 61.2 Å². The summed E-state index contributed by atoms with van der Waals surface area (Å²) in [7, 11) is 0. The van der Waals surface area contributed by atoms with E-state index in [-0.39, 0.29) is 11.5 Å². The summed E-state index contributed by atoms with van der Waals surface area (Å²) in [6.07, 6.45) is 6.47. The van der Waals surface area contributed by atoms with Crippen LogP contribution in [-0.4, -0.2) is 30.1 Å². The molecule has 0 unspecified atom stereocenters. The van der Waals surface area contributed by atoms with Gasteiger partial charge in [0.1, 0.15) is 11.5 Å². The average Bonchev–Trinajstić information content (AvgIpc) is 2.86. The number of benzene rings is 3. The number of hydrogen-bond acceptors (Lipinski definition) is 7. The van der Waals surface area contributed by atoms with Gasteiger partial charge in [-0.05, 0) is 36.4 Å². The summed E-state index contributed by atoms with van der Waals surface area (Å²) in [5, 5.41) is 20.6. The highest BCUT2D eigenvalue weighted by Gasteiger charge is 2.18. The molecule has 33 heavy (non-hydrogen) atoms. The molecule has 2 aromatic heterocycles. The monoisotopic (exact) mass is 433 g/mol.